The molecule has 3 rings (SSSR count). The molecule has 0 radical (unpaired) electrons. The SMILES string of the molecule is CCN(CC)c1cc(C(=O)Nc2ccc(C(C)=O)cc2)nc(-c2ccccc2)n1. The molecule has 1 amide bonds. The van der Waals surface area contributed by atoms with E-state index in [9.17, 15) is 9.59 Å². The van der Waals surface area contributed by atoms with E-state index in [1.807, 2.05) is 44.2 Å². The van der Waals surface area contributed by atoms with Crippen LogP contribution in [0.25, 0.3) is 11.4 Å². The Labute approximate surface area is 170 Å². The van der Waals surface area contributed by atoms with Crippen LogP contribution in [0.2, 0.25) is 0 Å². The number of rotatable bonds is 7. The van der Waals surface area contributed by atoms with E-state index in [0.717, 1.165) is 18.7 Å². The molecular weight excluding hydrogens is 364 g/mol. The predicted octanol–water partition coefficient (Wildman–Crippen LogP) is 4.44. The third kappa shape index (κ3) is 4.85. The van der Waals surface area contributed by atoms with Gasteiger partial charge in [0.1, 0.15) is 11.5 Å². The van der Waals surface area contributed by atoms with Crippen molar-refractivity contribution < 1.29 is 9.59 Å². The minimum atomic E-state index is -0.325. The van der Waals surface area contributed by atoms with Gasteiger partial charge in [0.15, 0.2) is 11.6 Å². The van der Waals surface area contributed by atoms with Crippen LogP contribution in [0, 0.1) is 0 Å². The highest BCUT2D eigenvalue weighted by Gasteiger charge is 2.16. The number of carbonyl (C=O) groups is 2. The molecule has 2 aromatic carbocycles. The monoisotopic (exact) mass is 388 g/mol. The first kappa shape index (κ1) is 20.2. The molecule has 29 heavy (non-hydrogen) atoms. The van der Waals surface area contributed by atoms with Crippen molar-refractivity contribution in [2.45, 2.75) is 20.8 Å². The van der Waals surface area contributed by atoms with Gasteiger partial charge in [0.05, 0.1) is 0 Å². The zero-order valence-electron chi connectivity index (χ0n) is 16.8. The maximum absolute atomic E-state index is 12.9. The topological polar surface area (TPSA) is 75.2 Å². The summed E-state index contributed by atoms with van der Waals surface area (Å²) in [5.74, 6) is 0.872. The summed E-state index contributed by atoms with van der Waals surface area (Å²) in [4.78, 5) is 35.5. The predicted molar refractivity (Wildman–Crippen MR) is 115 cm³/mol. The van der Waals surface area contributed by atoms with Crippen molar-refractivity contribution in [1.82, 2.24) is 9.97 Å². The standard InChI is InChI=1S/C23H24N4O2/c1-4-27(5-2)21-15-20(25-22(26-21)18-9-7-6-8-10-18)23(29)24-19-13-11-17(12-14-19)16(3)28/h6-15H,4-5H2,1-3H3,(H,24,29). The number of hydrogen-bond donors (Lipinski definition) is 1. The third-order valence-electron chi connectivity index (χ3n) is 4.61. The number of hydrogen-bond acceptors (Lipinski definition) is 5. The van der Waals surface area contributed by atoms with E-state index in [0.29, 0.717) is 22.9 Å². The first-order valence-electron chi connectivity index (χ1n) is 9.63. The van der Waals surface area contributed by atoms with Crippen molar-refractivity contribution in [3.05, 3.63) is 71.9 Å². The molecular formula is C23H24N4O2. The molecule has 0 bridgehead atoms. The van der Waals surface area contributed by atoms with Crippen LogP contribution in [-0.2, 0) is 0 Å². The summed E-state index contributed by atoms with van der Waals surface area (Å²) in [5.41, 5.74) is 2.34. The summed E-state index contributed by atoms with van der Waals surface area (Å²) in [6, 6.07) is 18.1. The van der Waals surface area contributed by atoms with E-state index in [1.165, 1.54) is 6.92 Å². The number of nitrogens with one attached hydrogen (secondary N) is 1. The molecule has 148 valence electrons. The van der Waals surface area contributed by atoms with E-state index >= 15 is 0 Å². The highest BCUT2D eigenvalue weighted by Crippen LogP contribution is 2.21. The van der Waals surface area contributed by atoms with Gasteiger partial charge in [0, 0.05) is 36.0 Å². The maximum Gasteiger partial charge on any atom is 0.274 e. The van der Waals surface area contributed by atoms with Crippen molar-refractivity contribution in [2.24, 2.45) is 0 Å². The number of amides is 1. The Bertz CT molecular complexity index is 997. The smallest absolute Gasteiger partial charge is 0.274 e. The Morgan fingerprint density at radius 3 is 2.17 bits per heavy atom. The average Bonchev–Trinajstić information content (AvgIpc) is 2.75. The third-order valence-corrected chi connectivity index (χ3v) is 4.61. The number of Topliss-reactive ketones (excluding diaryl/α,β-unsaturated/α-hetero) is 1. The number of anilines is 2. The number of benzene rings is 2. The lowest BCUT2D eigenvalue weighted by Gasteiger charge is -2.21. The van der Waals surface area contributed by atoms with Crippen LogP contribution in [0.3, 0.4) is 0 Å². The number of aromatic nitrogens is 2. The molecule has 6 nitrogen and oxygen atoms in total. The molecule has 0 atom stereocenters. The molecule has 0 saturated carbocycles. The van der Waals surface area contributed by atoms with Gasteiger partial charge in [-0.15, -0.1) is 0 Å². The van der Waals surface area contributed by atoms with Crippen LogP contribution in [0.1, 0.15) is 41.6 Å². The Kier molecular flexibility index (Phi) is 6.34. The van der Waals surface area contributed by atoms with Crippen LogP contribution >= 0.6 is 0 Å². The zero-order chi connectivity index (χ0) is 20.8. The molecule has 0 aliphatic rings. The van der Waals surface area contributed by atoms with E-state index in [4.69, 9.17) is 0 Å². The van der Waals surface area contributed by atoms with Crippen molar-refractivity contribution in [2.75, 3.05) is 23.3 Å². The second-order valence-corrected chi connectivity index (χ2v) is 6.56. The molecule has 6 heteroatoms. The molecule has 0 aliphatic heterocycles. The lowest BCUT2D eigenvalue weighted by Crippen LogP contribution is -2.24. The van der Waals surface area contributed by atoms with Gasteiger partial charge < -0.3 is 10.2 Å². The lowest BCUT2D eigenvalue weighted by atomic mass is 10.1. The molecule has 0 spiro atoms. The molecule has 1 aromatic heterocycles. The summed E-state index contributed by atoms with van der Waals surface area (Å²) in [5, 5.41) is 2.85. The van der Waals surface area contributed by atoms with Gasteiger partial charge >= 0.3 is 0 Å². The second-order valence-electron chi connectivity index (χ2n) is 6.56. The van der Waals surface area contributed by atoms with Gasteiger partial charge in [-0.2, -0.15) is 0 Å². The highest BCUT2D eigenvalue weighted by atomic mass is 16.2. The van der Waals surface area contributed by atoms with Gasteiger partial charge in [-0.05, 0) is 45.0 Å². The lowest BCUT2D eigenvalue weighted by molar-refractivity contribution is 0.101. The average molecular weight is 388 g/mol. The highest BCUT2D eigenvalue weighted by molar-refractivity contribution is 6.04. The molecule has 1 heterocycles. The zero-order valence-corrected chi connectivity index (χ0v) is 16.8. The van der Waals surface area contributed by atoms with Crippen LogP contribution in [-0.4, -0.2) is 34.7 Å². The summed E-state index contributed by atoms with van der Waals surface area (Å²) in [6.45, 7) is 7.15. The van der Waals surface area contributed by atoms with Crippen molar-refractivity contribution in [3.63, 3.8) is 0 Å². The first-order valence-corrected chi connectivity index (χ1v) is 9.63. The Balaban J connectivity index is 1.95. The maximum atomic E-state index is 12.9. The van der Waals surface area contributed by atoms with Gasteiger partial charge in [0.25, 0.3) is 5.91 Å². The van der Waals surface area contributed by atoms with Crippen LogP contribution in [0.4, 0.5) is 11.5 Å². The van der Waals surface area contributed by atoms with Crippen LogP contribution < -0.4 is 10.2 Å². The van der Waals surface area contributed by atoms with Crippen molar-refractivity contribution in [3.8, 4) is 11.4 Å². The largest absolute Gasteiger partial charge is 0.357 e. The first-order chi connectivity index (χ1) is 14.0. The Morgan fingerprint density at radius 1 is 0.931 bits per heavy atom. The van der Waals surface area contributed by atoms with E-state index in [-0.39, 0.29) is 17.4 Å². The molecule has 0 fully saturated rings. The van der Waals surface area contributed by atoms with Crippen LogP contribution in [0.5, 0.6) is 0 Å². The number of ketones is 1. The fraction of sp³-hybridized carbons (Fsp3) is 0.217. The Hall–Kier alpha value is -3.54. The minimum Gasteiger partial charge on any atom is -0.357 e. The van der Waals surface area contributed by atoms with Gasteiger partial charge in [-0.3, -0.25) is 9.59 Å². The van der Waals surface area contributed by atoms with Gasteiger partial charge in [-0.25, -0.2) is 9.97 Å². The fourth-order valence-corrected chi connectivity index (χ4v) is 2.96. The Morgan fingerprint density at radius 2 is 1.59 bits per heavy atom. The summed E-state index contributed by atoms with van der Waals surface area (Å²) in [7, 11) is 0. The minimum absolute atomic E-state index is 0.0185. The molecule has 1 N–H and O–H groups in total. The van der Waals surface area contributed by atoms with E-state index in [1.54, 1.807) is 30.3 Å². The van der Waals surface area contributed by atoms with Gasteiger partial charge in [-0.1, -0.05) is 30.3 Å². The quantitative estimate of drug-likeness (QED) is 0.606. The van der Waals surface area contributed by atoms with Crippen molar-refractivity contribution >= 4 is 23.2 Å². The van der Waals surface area contributed by atoms with E-state index in [2.05, 4.69) is 20.2 Å². The normalized spacial score (nSPS) is 10.4. The van der Waals surface area contributed by atoms with Crippen LogP contribution in [0.15, 0.2) is 60.7 Å². The van der Waals surface area contributed by atoms with E-state index < -0.39 is 0 Å². The number of nitrogens with zero attached hydrogens (tertiary/aromatic N) is 3. The summed E-state index contributed by atoms with van der Waals surface area (Å²) in [6.07, 6.45) is 0. The van der Waals surface area contributed by atoms with Crippen molar-refractivity contribution in [1.29, 1.82) is 0 Å². The molecule has 0 saturated heterocycles. The van der Waals surface area contributed by atoms with Gasteiger partial charge in [0.2, 0.25) is 0 Å². The number of carbonyl (C=O) groups excluding carboxylic acids is 2. The molecule has 0 aliphatic carbocycles. The summed E-state index contributed by atoms with van der Waals surface area (Å²) < 4.78 is 0. The molecule has 3 aromatic rings. The summed E-state index contributed by atoms with van der Waals surface area (Å²) >= 11 is 0. The fourth-order valence-electron chi connectivity index (χ4n) is 2.96. The second kappa shape index (κ2) is 9.10. The molecule has 0 unspecified atom stereocenters.